The van der Waals surface area contributed by atoms with Gasteiger partial charge in [-0.2, -0.15) is 0 Å². The zero-order valence-corrected chi connectivity index (χ0v) is 15.3. The molecular formula is C20H18F3N3O3. The van der Waals surface area contributed by atoms with E-state index in [1.165, 1.54) is 6.07 Å². The molecule has 6 nitrogen and oxygen atoms in total. The zero-order valence-electron chi connectivity index (χ0n) is 15.3. The Hall–Kier alpha value is -3.10. The van der Waals surface area contributed by atoms with Crippen molar-refractivity contribution >= 4 is 17.5 Å². The Morgan fingerprint density at radius 3 is 2.52 bits per heavy atom. The van der Waals surface area contributed by atoms with Crippen molar-refractivity contribution in [2.24, 2.45) is 5.92 Å². The molecule has 3 heterocycles. The number of nitrogens with zero attached hydrogens (tertiary/aromatic N) is 2. The number of rotatable bonds is 3. The largest absolute Gasteiger partial charge is 0.573 e. The van der Waals surface area contributed by atoms with E-state index in [4.69, 9.17) is 0 Å². The normalized spacial score (nSPS) is 19.6. The Morgan fingerprint density at radius 1 is 1.14 bits per heavy atom. The third-order valence-corrected chi connectivity index (χ3v) is 5.32. The molecule has 1 aromatic heterocycles. The second-order valence-electron chi connectivity index (χ2n) is 7.11. The smallest absolute Gasteiger partial charge is 0.404 e. The Balaban J connectivity index is 1.38. The second kappa shape index (κ2) is 7.38. The fraction of sp³-hybridized carbons (Fsp3) is 0.350. The Bertz CT molecular complexity index is 923. The van der Waals surface area contributed by atoms with Gasteiger partial charge < -0.3 is 15.0 Å². The third kappa shape index (κ3) is 4.03. The van der Waals surface area contributed by atoms with E-state index in [0.717, 1.165) is 23.5 Å². The first-order valence-corrected chi connectivity index (χ1v) is 9.23. The lowest BCUT2D eigenvalue weighted by Crippen LogP contribution is -2.40. The van der Waals surface area contributed by atoms with Crippen LogP contribution in [0.3, 0.4) is 0 Å². The number of amides is 2. The van der Waals surface area contributed by atoms with Crippen molar-refractivity contribution < 1.29 is 27.5 Å². The first-order chi connectivity index (χ1) is 13.8. The fourth-order valence-electron chi connectivity index (χ4n) is 4.00. The summed E-state index contributed by atoms with van der Waals surface area (Å²) in [4.78, 5) is 30.4. The van der Waals surface area contributed by atoms with Gasteiger partial charge in [-0.3, -0.25) is 9.59 Å². The van der Waals surface area contributed by atoms with E-state index in [9.17, 15) is 22.8 Å². The summed E-state index contributed by atoms with van der Waals surface area (Å²) in [6.07, 6.45) is -2.60. The predicted octanol–water partition coefficient (Wildman–Crippen LogP) is 3.57. The van der Waals surface area contributed by atoms with E-state index >= 15 is 0 Å². The van der Waals surface area contributed by atoms with E-state index in [2.05, 4.69) is 15.0 Å². The summed E-state index contributed by atoms with van der Waals surface area (Å²) in [7, 11) is 0. The van der Waals surface area contributed by atoms with Crippen LogP contribution >= 0.6 is 0 Å². The average molecular weight is 405 g/mol. The summed E-state index contributed by atoms with van der Waals surface area (Å²) in [6.45, 7) is 0.913. The highest BCUT2D eigenvalue weighted by molar-refractivity contribution is 6.03. The highest BCUT2D eigenvalue weighted by atomic mass is 19.4. The first-order valence-electron chi connectivity index (χ1n) is 9.23. The zero-order chi connectivity index (χ0) is 20.6. The van der Waals surface area contributed by atoms with Crippen LogP contribution in [0.25, 0.3) is 0 Å². The summed E-state index contributed by atoms with van der Waals surface area (Å²) >= 11 is 0. The number of hydrogen-bond donors (Lipinski definition) is 1. The monoisotopic (exact) mass is 405 g/mol. The van der Waals surface area contributed by atoms with Crippen LogP contribution in [0.1, 0.15) is 34.8 Å². The molecular weight excluding hydrogens is 387 g/mol. The van der Waals surface area contributed by atoms with Gasteiger partial charge in [0.15, 0.2) is 0 Å². The van der Waals surface area contributed by atoms with Gasteiger partial charge in [0, 0.05) is 18.8 Å². The predicted molar refractivity (Wildman–Crippen MR) is 97.4 cm³/mol. The van der Waals surface area contributed by atoms with Crippen LogP contribution in [-0.2, 0) is 4.79 Å². The van der Waals surface area contributed by atoms with Gasteiger partial charge >= 0.3 is 6.36 Å². The molecule has 0 saturated carbocycles. The second-order valence-corrected chi connectivity index (χ2v) is 7.11. The minimum atomic E-state index is -4.81. The minimum absolute atomic E-state index is 0.0158. The molecule has 29 heavy (non-hydrogen) atoms. The summed E-state index contributed by atoms with van der Waals surface area (Å²) < 4.78 is 40.4. The lowest BCUT2D eigenvalue weighted by Gasteiger charge is -2.34. The fourth-order valence-corrected chi connectivity index (χ4v) is 4.00. The minimum Gasteiger partial charge on any atom is -0.404 e. The molecule has 0 radical (unpaired) electrons. The van der Waals surface area contributed by atoms with Crippen LogP contribution < -0.4 is 10.1 Å². The number of nitrogens with one attached hydrogen (secondary N) is 1. The van der Waals surface area contributed by atoms with Crippen LogP contribution in [0.4, 0.5) is 18.9 Å². The molecule has 1 fully saturated rings. The number of aromatic nitrogens is 1. The van der Waals surface area contributed by atoms with E-state index in [-0.39, 0.29) is 29.3 Å². The third-order valence-electron chi connectivity index (χ3n) is 5.32. The number of ether oxygens (including phenoxy) is 1. The van der Waals surface area contributed by atoms with Crippen LogP contribution in [0.15, 0.2) is 42.6 Å². The molecule has 4 rings (SSSR count). The van der Waals surface area contributed by atoms with Crippen LogP contribution in [0, 0.1) is 5.92 Å². The lowest BCUT2D eigenvalue weighted by atomic mass is 9.80. The van der Waals surface area contributed by atoms with Gasteiger partial charge in [0.25, 0.3) is 5.91 Å². The Kier molecular flexibility index (Phi) is 4.89. The molecule has 152 valence electrons. The van der Waals surface area contributed by atoms with E-state index in [0.29, 0.717) is 25.9 Å². The standard InChI is InChI=1S/C20H18F3N3O3/c21-20(22,23)29-13-5-6-16(24-11-13)19(28)26-9-7-12(8-10-26)17-14-3-1-2-4-15(14)25-18(17)27/h1-6,11-12,17H,7-10H2,(H,25,27). The van der Waals surface area contributed by atoms with Gasteiger partial charge in [-0.1, -0.05) is 18.2 Å². The van der Waals surface area contributed by atoms with Crippen molar-refractivity contribution in [3.05, 3.63) is 53.9 Å². The summed E-state index contributed by atoms with van der Waals surface area (Å²) in [6, 6.07) is 9.90. The molecule has 1 saturated heterocycles. The maximum Gasteiger partial charge on any atom is 0.573 e. The molecule has 2 aliphatic heterocycles. The van der Waals surface area contributed by atoms with Gasteiger partial charge in [-0.25, -0.2) is 4.98 Å². The number of carbonyl (C=O) groups excluding carboxylic acids is 2. The number of piperidine rings is 1. The van der Waals surface area contributed by atoms with Crippen molar-refractivity contribution in [1.82, 2.24) is 9.88 Å². The molecule has 0 aliphatic carbocycles. The molecule has 0 bridgehead atoms. The summed E-state index contributed by atoms with van der Waals surface area (Å²) in [5, 5.41) is 2.90. The van der Waals surface area contributed by atoms with Crippen molar-refractivity contribution in [2.75, 3.05) is 18.4 Å². The van der Waals surface area contributed by atoms with Crippen molar-refractivity contribution in [3.63, 3.8) is 0 Å². The van der Waals surface area contributed by atoms with Crippen molar-refractivity contribution in [3.8, 4) is 5.75 Å². The molecule has 2 aliphatic rings. The van der Waals surface area contributed by atoms with E-state index < -0.39 is 12.1 Å². The molecule has 1 N–H and O–H groups in total. The van der Waals surface area contributed by atoms with Crippen molar-refractivity contribution in [1.29, 1.82) is 0 Å². The summed E-state index contributed by atoms with van der Waals surface area (Å²) in [5.41, 5.74) is 1.89. The molecule has 1 atom stereocenters. The number of carbonyl (C=O) groups is 2. The highest BCUT2D eigenvalue weighted by Gasteiger charge is 2.39. The number of hydrogen-bond acceptors (Lipinski definition) is 4. The SMILES string of the molecule is O=C1Nc2ccccc2C1C1CCN(C(=O)c2ccc(OC(F)(F)F)cn2)CC1. The lowest BCUT2D eigenvalue weighted by molar-refractivity contribution is -0.274. The Labute approximate surface area is 164 Å². The number of fused-ring (bicyclic) bond motifs is 1. The molecule has 9 heteroatoms. The maximum absolute atomic E-state index is 12.6. The van der Waals surface area contributed by atoms with Crippen molar-refractivity contribution in [2.45, 2.75) is 25.1 Å². The van der Waals surface area contributed by atoms with Crippen LogP contribution in [0.5, 0.6) is 5.75 Å². The quantitative estimate of drug-likeness (QED) is 0.848. The van der Waals surface area contributed by atoms with Gasteiger partial charge in [0.1, 0.15) is 11.4 Å². The first kappa shape index (κ1) is 19.2. The van der Waals surface area contributed by atoms with Gasteiger partial charge in [0.2, 0.25) is 5.91 Å². The topological polar surface area (TPSA) is 71.5 Å². The number of anilines is 1. The maximum atomic E-state index is 12.6. The van der Waals surface area contributed by atoms with Gasteiger partial charge in [-0.15, -0.1) is 13.2 Å². The number of likely N-dealkylation sites (tertiary alicyclic amines) is 1. The Morgan fingerprint density at radius 2 is 1.86 bits per heavy atom. The molecule has 2 aromatic rings. The molecule has 1 unspecified atom stereocenters. The van der Waals surface area contributed by atoms with E-state index in [1.807, 2.05) is 24.3 Å². The van der Waals surface area contributed by atoms with Gasteiger partial charge in [-0.05, 0) is 42.5 Å². The highest BCUT2D eigenvalue weighted by Crippen LogP contribution is 2.41. The van der Waals surface area contributed by atoms with E-state index in [1.54, 1.807) is 4.90 Å². The number of halogens is 3. The number of alkyl halides is 3. The average Bonchev–Trinajstić information content (AvgIpc) is 3.02. The van der Waals surface area contributed by atoms with Crippen LogP contribution in [-0.4, -0.2) is 41.2 Å². The number of pyridine rings is 1. The summed E-state index contributed by atoms with van der Waals surface area (Å²) in [5.74, 6) is -0.937. The van der Waals surface area contributed by atoms with Gasteiger partial charge in [0.05, 0.1) is 12.1 Å². The number of benzene rings is 1. The molecule has 2 amide bonds. The number of para-hydroxylation sites is 1. The molecule has 0 spiro atoms. The van der Waals surface area contributed by atoms with Crippen LogP contribution in [0.2, 0.25) is 0 Å². The molecule has 1 aromatic carbocycles.